The minimum atomic E-state index is -4.68. The van der Waals surface area contributed by atoms with Crippen molar-refractivity contribution in [3.05, 3.63) is 77.9 Å². The summed E-state index contributed by atoms with van der Waals surface area (Å²) < 4.78 is 67.0. The molecule has 1 aliphatic rings. The Balaban J connectivity index is 0.000000188. The lowest BCUT2D eigenvalue weighted by Crippen LogP contribution is -2.18. The minimum absolute atomic E-state index is 0.331. The van der Waals surface area contributed by atoms with Crippen molar-refractivity contribution < 1.29 is 30.9 Å². The van der Waals surface area contributed by atoms with E-state index in [1.54, 1.807) is 0 Å². The van der Waals surface area contributed by atoms with Crippen LogP contribution in [-0.2, 0) is 27.2 Å². The van der Waals surface area contributed by atoms with Gasteiger partial charge in [-0.25, -0.2) is 8.42 Å². The maximum atomic E-state index is 12.4. The number of alkyl halides is 3. The first-order chi connectivity index (χ1) is 15.1. The van der Waals surface area contributed by atoms with E-state index in [-0.39, 0.29) is 0 Å². The van der Waals surface area contributed by atoms with Gasteiger partial charge in [0.25, 0.3) is 0 Å². The van der Waals surface area contributed by atoms with E-state index in [2.05, 4.69) is 18.2 Å². The van der Waals surface area contributed by atoms with E-state index in [0.29, 0.717) is 40.9 Å². The molecule has 1 heterocycles. The summed E-state index contributed by atoms with van der Waals surface area (Å²) in [6, 6.07) is 16.6. The van der Waals surface area contributed by atoms with Gasteiger partial charge in [0.1, 0.15) is 21.6 Å². The minimum Gasteiger partial charge on any atom is -0.744 e. The molecule has 4 nitrogen and oxygen atoms in total. The van der Waals surface area contributed by atoms with E-state index in [0.717, 1.165) is 22.1 Å². The monoisotopic (exact) mass is 482 g/mol. The maximum absolute atomic E-state index is 12.4. The second kappa shape index (κ2) is 10.1. The third-order valence-electron chi connectivity index (χ3n) is 5.01. The molecule has 0 spiro atoms. The van der Waals surface area contributed by atoms with Gasteiger partial charge in [-0.15, -0.1) is 0 Å². The molecule has 32 heavy (non-hydrogen) atoms. The van der Waals surface area contributed by atoms with Crippen LogP contribution < -0.4 is 0 Å². The molecule has 0 saturated carbocycles. The standard InChI is InChI=1S/C16H17OS.C7H5F3O3S/c17-16(12-18-10-3-4-11-18)15-9-5-7-13-6-1-2-8-14(13)15;8-7(9,10)5-1-3-6(4-2-5)14(11,12)13/h1-2,5-9H,3-4,10-12H2;1-4H,(H,11,12,13)/q+1;/p-1. The topological polar surface area (TPSA) is 74.3 Å². The number of fused-ring (bicyclic) bond motifs is 1. The number of hydrogen-bond donors (Lipinski definition) is 0. The molecule has 0 amide bonds. The quantitative estimate of drug-likeness (QED) is 0.297. The van der Waals surface area contributed by atoms with Gasteiger partial charge in [-0.05, 0) is 58.8 Å². The fourth-order valence-corrected chi connectivity index (χ4v) is 6.11. The molecule has 3 aromatic carbocycles. The highest BCUT2D eigenvalue weighted by Crippen LogP contribution is 2.29. The van der Waals surface area contributed by atoms with Crippen LogP contribution in [0, 0.1) is 0 Å². The molecular formula is C23H21F3O4S2. The molecule has 0 aliphatic carbocycles. The highest BCUT2D eigenvalue weighted by Gasteiger charge is 2.30. The lowest BCUT2D eigenvalue weighted by molar-refractivity contribution is -0.137. The third kappa shape index (κ3) is 6.34. The van der Waals surface area contributed by atoms with Crippen LogP contribution in [0.25, 0.3) is 10.8 Å². The van der Waals surface area contributed by atoms with Crippen LogP contribution in [0.4, 0.5) is 13.2 Å². The van der Waals surface area contributed by atoms with Crippen molar-refractivity contribution in [3.8, 4) is 0 Å². The van der Waals surface area contributed by atoms with Gasteiger partial charge >= 0.3 is 6.18 Å². The van der Waals surface area contributed by atoms with Crippen LogP contribution in [0.15, 0.2) is 71.6 Å². The first-order valence-corrected chi connectivity index (χ1v) is 13.0. The van der Waals surface area contributed by atoms with Gasteiger partial charge in [-0.2, -0.15) is 13.2 Å². The van der Waals surface area contributed by atoms with Crippen molar-refractivity contribution in [3.63, 3.8) is 0 Å². The lowest BCUT2D eigenvalue weighted by atomic mass is 10.0. The summed E-state index contributed by atoms with van der Waals surface area (Å²) in [4.78, 5) is 11.7. The summed E-state index contributed by atoms with van der Waals surface area (Å²) in [7, 11) is -4.33. The Morgan fingerprint density at radius 1 is 0.906 bits per heavy atom. The number of halogens is 3. The molecule has 0 radical (unpaired) electrons. The summed E-state index contributed by atoms with van der Waals surface area (Å²) >= 11 is 0. The smallest absolute Gasteiger partial charge is 0.416 e. The summed E-state index contributed by atoms with van der Waals surface area (Å²) in [5.74, 6) is 3.61. The van der Waals surface area contributed by atoms with Crippen molar-refractivity contribution in [1.29, 1.82) is 0 Å². The van der Waals surface area contributed by atoms with Crippen molar-refractivity contribution in [2.45, 2.75) is 23.9 Å². The average Bonchev–Trinajstić information content (AvgIpc) is 3.25. The second-order valence-electron chi connectivity index (χ2n) is 7.30. The summed E-state index contributed by atoms with van der Waals surface area (Å²) in [6.45, 7) is 0. The number of Topliss-reactive ketones (excluding diaryl/α,β-unsaturated/α-hetero) is 1. The number of benzene rings is 3. The van der Waals surface area contributed by atoms with Crippen LogP contribution in [-0.4, -0.2) is 36.0 Å². The van der Waals surface area contributed by atoms with Crippen molar-refractivity contribution >= 4 is 37.6 Å². The number of hydrogen-bond acceptors (Lipinski definition) is 4. The lowest BCUT2D eigenvalue weighted by Gasteiger charge is -2.09. The Morgan fingerprint density at radius 2 is 1.50 bits per heavy atom. The van der Waals surface area contributed by atoms with Crippen LogP contribution in [0.2, 0.25) is 0 Å². The number of carbonyl (C=O) groups is 1. The molecule has 1 aliphatic heterocycles. The van der Waals surface area contributed by atoms with Crippen LogP contribution in [0.3, 0.4) is 0 Å². The Labute approximate surface area is 187 Å². The average molecular weight is 483 g/mol. The molecule has 0 atom stereocenters. The molecule has 4 rings (SSSR count). The molecule has 9 heteroatoms. The van der Waals surface area contributed by atoms with Crippen molar-refractivity contribution in [2.75, 3.05) is 17.3 Å². The molecule has 0 N–H and O–H groups in total. The fourth-order valence-electron chi connectivity index (χ4n) is 3.40. The van der Waals surface area contributed by atoms with E-state index in [4.69, 9.17) is 0 Å². The zero-order valence-electron chi connectivity index (χ0n) is 17.0. The van der Waals surface area contributed by atoms with Crippen molar-refractivity contribution in [2.24, 2.45) is 0 Å². The van der Waals surface area contributed by atoms with Gasteiger partial charge in [0, 0.05) is 5.56 Å². The fraction of sp³-hybridized carbons (Fsp3) is 0.261. The molecule has 0 unspecified atom stereocenters. The number of rotatable bonds is 4. The second-order valence-corrected chi connectivity index (χ2v) is 11.0. The molecule has 0 bridgehead atoms. The van der Waals surface area contributed by atoms with Gasteiger partial charge in [0.15, 0.2) is 5.75 Å². The van der Waals surface area contributed by atoms with Crippen molar-refractivity contribution in [1.82, 2.24) is 0 Å². The Kier molecular flexibility index (Phi) is 7.63. The third-order valence-corrected chi connectivity index (χ3v) is 8.26. The molecular weight excluding hydrogens is 461 g/mol. The Bertz CT molecular complexity index is 1180. The molecule has 3 aromatic rings. The van der Waals surface area contributed by atoms with Crippen LogP contribution in [0.1, 0.15) is 28.8 Å². The van der Waals surface area contributed by atoms with Crippen LogP contribution >= 0.6 is 0 Å². The SMILES string of the molecule is O=C(C[S+]1CCCC1)c1cccc2ccccc12.O=S(=O)([O-])c1ccc(C(F)(F)F)cc1. The Morgan fingerprint density at radius 3 is 2.09 bits per heavy atom. The predicted molar refractivity (Wildman–Crippen MR) is 119 cm³/mol. The highest BCUT2D eigenvalue weighted by molar-refractivity contribution is 7.97. The molecule has 0 aromatic heterocycles. The number of carbonyl (C=O) groups excluding carboxylic acids is 1. The van der Waals surface area contributed by atoms with Gasteiger partial charge in [-0.3, -0.25) is 4.79 Å². The first-order valence-electron chi connectivity index (χ1n) is 9.84. The van der Waals surface area contributed by atoms with E-state index in [9.17, 15) is 30.9 Å². The predicted octanol–water partition coefficient (Wildman–Crippen LogP) is 5.04. The largest absolute Gasteiger partial charge is 0.744 e. The van der Waals surface area contributed by atoms with E-state index >= 15 is 0 Å². The molecule has 170 valence electrons. The highest BCUT2D eigenvalue weighted by atomic mass is 32.2. The first kappa shape index (κ1) is 24.3. The van der Waals surface area contributed by atoms with Crippen LogP contribution in [0.5, 0.6) is 0 Å². The van der Waals surface area contributed by atoms with Gasteiger partial charge in [-0.1, -0.05) is 42.5 Å². The summed E-state index contributed by atoms with van der Waals surface area (Å²) in [5.41, 5.74) is -0.0857. The van der Waals surface area contributed by atoms with Gasteiger partial charge in [0.05, 0.1) is 10.5 Å². The molecule has 1 fully saturated rings. The summed E-state index contributed by atoms with van der Waals surface area (Å²) in [6.07, 6.45) is -1.91. The zero-order chi connectivity index (χ0) is 23.4. The number of ketones is 1. The molecule has 1 saturated heterocycles. The van der Waals surface area contributed by atoms with E-state index in [1.165, 1.54) is 24.3 Å². The van der Waals surface area contributed by atoms with Gasteiger partial charge < -0.3 is 4.55 Å². The van der Waals surface area contributed by atoms with Gasteiger partial charge in [0.2, 0.25) is 5.78 Å². The van der Waals surface area contributed by atoms with E-state index < -0.39 is 26.8 Å². The normalized spacial score (nSPS) is 14.8. The van der Waals surface area contributed by atoms with E-state index in [1.807, 2.05) is 24.3 Å². The maximum Gasteiger partial charge on any atom is 0.416 e. The summed E-state index contributed by atoms with van der Waals surface area (Å²) in [5, 5.41) is 2.27. The zero-order valence-corrected chi connectivity index (χ0v) is 18.6. The Hall–Kier alpha value is -2.36.